The molecule has 1 heterocycles. The lowest BCUT2D eigenvalue weighted by Crippen LogP contribution is -2.25. The Labute approximate surface area is 104 Å². The van der Waals surface area contributed by atoms with Crippen molar-refractivity contribution in [2.24, 2.45) is 21.9 Å². The predicted octanol–water partition coefficient (Wildman–Crippen LogP) is 3.09. The number of amidine groups is 1. The van der Waals surface area contributed by atoms with Gasteiger partial charge in [0.15, 0.2) is 0 Å². The fraction of sp³-hybridized carbons (Fsp3) is 0.273. The number of hydrogen-bond donors (Lipinski definition) is 1. The lowest BCUT2D eigenvalue weighted by molar-refractivity contribution is 0.783. The zero-order chi connectivity index (χ0) is 11.7. The van der Waals surface area contributed by atoms with E-state index in [-0.39, 0.29) is 5.92 Å². The summed E-state index contributed by atoms with van der Waals surface area (Å²) in [5.41, 5.74) is 7.45. The van der Waals surface area contributed by atoms with Crippen molar-refractivity contribution >= 4 is 34.7 Å². The zero-order valence-corrected chi connectivity index (χ0v) is 10.3. The summed E-state index contributed by atoms with van der Waals surface area (Å²) in [5.74, 6) is 0.811. The third-order valence-electron chi connectivity index (χ3n) is 2.48. The minimum atomic E-state index is 0.245. The molecule has 0 aliphatic carbocycles. The molecule has 0 saturated carbocycles. The van der Waals surface area contributed by atoms with Crippen molar-refractivity contribution in [3.05, 3.63) is 33.8 Å². The van der Waals surface area contributed by atoms with Crippen molar-refractivity contribution < 1.29 is 0 Å². The van der Waals surface area contributed by atoms with Crippen LogP contribution in [0.4, 0.5) is 0 Å². The average Bonchev–Trinajstić information content (AvgIpc) is 2.22. The fourth-order valence-corrected chi connectivity index (χ4v) is 1.96. The second-order valence-corrected chi connectivity index (χ2v) is 4.63. The quantitative estimate of drug-likeness (QED) is 0.824. The molecule has 1 aliphatic rings. The number of hydrogen-bond acceptors (Lipinski definition) is 3. The van der Waals surface area contributed by atoms with Gasteiger partial charge in [-0.25, -0.2) is 0 Å². The van der Waals surface area contributed by atoms with Crippen LogP contribution in [0.1, 0.15) is 18.9 Å². The lowest BCUT2D eigenvalue weighted by Gasteiger charge is -2.17. The molecule has 1 aromatic carbocycles. The van der Waals surface area contributed by atoms with E-state index in [0.717, 1.165) is 17.7 Å². The minimum Gasteiger partial charge on any atom is -0.386 e. The van der Waals surface area contributed by atoms with Crippen LogP contribution in [-0.2, 0) is 0 Å². The van der Waals surface area contributed by atoms with Gasteiger partial charge in [-0.05, 0) is 17.7 Å². The second kappa shape index (κ2) is 4.44. The maximum Gasteiger partial charge on any atom is 0.123 e. The van der Waals surface area contributed by atoms with E-state index in [2.05, 4.69) is 17.1 Å². The molecule has 16 heavy (non-hydrogen) atoms. The van der Waals surface area contributed by atoms with Gasteiger partial charge in [-0.15, -0.1) is 5.10 Å². The van der Waals surface area contributed by atoms with Gasteiger partial charge in [-0.1, -0.05) is 36.2 Å². The maximum absolute atomic E-state index is 5.96. The van der Waals surface area contributed by atoms with Crippen molar-refractivity contribution in [3.8, 4) is 0 Å². The normalized spacial score (nSPS) is 20.3. The molecular formula is C11H11Cl2N3. The van der Waals surface area contributed by atoms with Gasteiger partial charge in [0, 0.05) is 12.3 Å². The molecule has 84 valence electrons. The summed E-state index contributed by atoms with van der Waals surface area (Å²) in [7, 11) is 0. The molecule has 0 fully saturated rings. The Morgan fingerprint density at radius 3 is 2.62 bits per heavy atom. The van der Waals surface area contributed by atoms with Crippen molar-refractivity contribution in [1.82, 2.24) is 0 Å². The fourth-order valence-electron chi connectivity index (χ4n) is 1.67. The summed E-state index contributed by atoms with van der Waals surface area (Å²) < 4.78 is 0. The van der Waals surface area contributed by atoms with E-state index < -0.39 is 0 Å². The van der Waals surface area contributed by atoms with E-state index in [1.54, 1.807) is 12.1 Å². The largest absolute Gasteiger partial charge is 0.386 e. The Bertz CT molecular complexity index is 480. The molecule has 5 heteroatoms. The van der Waals surface area contributed by atoms with Crippen LogP contribution in [-0.4, -0.2) is 11.5 Å². The summed E-state index contributed by atoms with van der Waals surface area (Å²) >= 11 is 11.8. The highest BCUT2D eigenvalue weighted by molar-refractivity contribution is 6.42. The average molecular weight is 256 g/mol. The third-order valence-corrected chi connectivity index (χ3v) is 3.22. The maximum atomic E-state index is 5.96. The van der Waals surface area contributed by atoms with Gasteiger partial charge in [-0.2, -0.15) is 5.10 Å². The first kappa shape index (κ1) is 11.4. The minimum absolute atomic E-state index is 0.245. The van der Waals surface area contributed by atoms with Crippen LogP contribution in [0.5, 0.6) is 0 Å². The monoisotopic (exact) mass is 255 g/mol. The Balaban J connectivity index is 2.41. The van der Waals surface area contributed by atoms with Gasteiger partial charge in [0.1, 0.15) is 5.84 Å². The molecule has 0 amide bonds. The van der Waals surface area contributed by atoms with Crippen LogP contribution in [0.3, 0.4) is 0 Å². The van der Waals surface area contributed by atoms with Crippen LogP contribution >= 0.6 is 23.2 Å². The zero-order valence-electron chi connectivity index (χ0n) is 8.74. The Hall–Kier alpha value is -1.06. The van der Waals surface area contributed by atoms with E-state index in [4.69, 9.17) is 28.9 Å². The molecule has 0 spiro atoms. The van der Waals surface area contributed by atoms with Gasteiger partial charge in [0.25, 0.3) is 0 Å². The van der Waals surface area contributed by atoms with Crippen molar-refractivity contribution in [1.29, 1.82) is 0 Å². The smallest absolute Gasteiger partial charge is 0.123 e. The van der Waals surface area contributed by atoms with Gasteiger partial charge >= 0.3 is 0 Å². The number of benzene rings is 1. The second-order valence-electron chi connectivity index (χ2n) is 3.81. The van der Waals surface area contributed by atoms with E-state index in [9.17, 15) is 0 Å². The Morgan fingerprint density at radius 2 is 2.00 bits per heavy atom. The Kier molecular flexibility index (Phi) is 3.17. The summed E-state index contributed by atoms with van der Waals surface area (Å²) in [5, 5.41) is 9.07. The topological polar surface area (TPSA) is 50.7 Å². The number of nitrogens with two attached hydrogens (primary N) is 1. The molecule has 0 radical (unpaired) electrons. The van der Waals surface area contributed by atoms with E-state index in [0.29, 0.717) is 15.9 Å². The molecule has 2 N–H and O–H groups in total. The molecular weight excluding hydrogens is 245 g/mol. The first-order valence-corrected chi connectivity index (χ1v) is 5.69. The molecule has 1 atom stereocenters. The van der Waals surface area contributed by atoms with Crippen molar-refractivity contribution in [3.63, 3.8) is 0 Å². The van der Waals surface area contributed by atoms with Gasteiger partial charge in [0.2, 0.25) is 0 Å². The molecule has 1 aromatic rings. The van der Waals surface area contributed by atoms with Crippen LogP contribution in [0.2, 0.25) is 10.0 Å². The van der Waals surface area contributed by atoms with Crippen LogP contribution in [0.15, 0.2) is 28.4 Å². The highest BCUT2D eigenvalue weighted by Crippen LogP contribution is 2.25. The van der Waals surface area contributed by atoms with E-state index >= 15 is 0 Å². The van der Waals surface area contributed by atoms with Gasteiger partial charge < -0.3 is 5.73 Å². The number of halogens is 2. The van der Waals surface area contributed by atoms with Crippen molar-refractivity contribution in [2.45, 2.75) is 13.3 Å². The first-order valence-electron chi connectivity index (χ1n) is 4.93. The van der Waals surface area contributed by atoms with Crippen LogP contribution in [0, 0.1) is 5.92 Å². The molecule has 0 saturated heterocycles. The molecule has 1 unspecified atom stereocenters. The van der Waals surface area contributed by atoms with E-state index in [1.165, 1.54) is 0 Å². The summed E-state index contributed by atoms with van der Waals surface area (Å²) in [6.45, 7) is 2.06. The first-order chi connectivity index (χ1) is 7.58. The highest BCUT2D eigenvalue weighted by atomic mass is 35.5. The molecule has 3 nitrogen and oxygen atoms in total. The predicted molar refractivity (Wildman–Crippen MR) is 68.4 cm³/mol. The summed E-state index contributed by atoms with van der Waals surface area (Å²) in [4.78, 5) is 0. The number of nitrogens with zero attached hydrogens (tertiary/aromatic N) is 2. The molecule has 0 aromatic heterocycles. The molecule has 1 aliphatic heterocycles. The Morgan fingerprint density at radius 1 is 1.25 bits per heavy atom. The highest BCUT2D eigenvalue weighted by Gasteiger charge is 2.18. The summed E-state index contributed by atoms with van der Waals surface area (Å²) in [6, 6.07) is 5.45. The standard InChI is InChI=1S/C11H11Cl2N3/c1-6-4-10(14)15-16-11(6)7-2-3-8(12)9(13)5-7/h2-3,5-6H,4H2,1H3,(H2,14,15). The lowest BCUT2D eigenvalue weighted by atomic mass is 9.94. The third kappa shape index (κ3) is 2.20. The van der Waals surface area contributed by atoms with Crippen molar-refractivity contribution in [2.75, 3.05) is 0 Å². The van der Waals surface area contributed by atoms with Gasteiger partial charge in [0.05, 0.1) is 15.8 Å². The van der Waals surface area contributed by atoms with E-state index in [1.807, 2.05) is 6.07 Å². The van der Waals surface area contributed by atoms with Crippen LogP contribution < -0.4 is 5.73 Å². The molecule has 2 rings (SSSR count). The molecule has 0 bridgehead atoms. The number of rotatable bonds is 1. The SMILES string of the molecule is CC1CC(N)=NN=C1c1ccc(Cl)c(Cl)c1. The van der Waals surface area contributed by atoms with Gasteiger partial charge in [-0.3, -0.25) is 0 Å². The van der Waals surface area contributed by atoms with Crippen LogP contribution in [0.25, 0.3) is 0 Å². The summed E-state index contributed by atoms with van der Waals surface area (Å²) in [6.07, 6.45) is 0.721.